The predicted octanol–water partition coefficient (Wildman–Crippen LogP) is 0.695. The Hall–Kier alpha value is -0.0151. The zero-order valence-electron chi connectivity index (χ0n) is 6.54. The molecular formula is C7H13BO2. The van der Waals surface area contributed by atoms with Crippen LogP contribution in [-0.2, 0) is 9.47 Å². The van der Waals surface area contributed by atoms with Gasteiger partial charge in [0.25, 0.3) is 0 Å². The standard InChI is InChI=1S/C7H13BO2/c1-3-5-6(9-2)4-7(8)10-5/h5-7H,3-4H2,1-2H3/t5-,6?,7-/m1/s1. The molecule has 1 aliphatic rings. The average molecular weight is 140 g/mol. The van der Waals surface area contributed by atoms with E-state index in [-0.39, 0.29) is 18.2 Å². The van der Waals surface area contributed by atoms with Crippen molar-refractivity contribution in [3.05, 3.63) is 0 Å². The van der Waals surface area contributed by atoms with Gasteiger partial charge >= 0.3 is 0 Å². The smallest absolute Gasteiger partial charge is 0.109 e. The van der Waals surface area contributed by atoms with Crippen LogP contribution in [0.5, 0.6) is 0 Å². The number of hydrogen-bond acceptors (Lipinski definition) is 2. The molecule has 0 aromatic heterocycles. The summed E-state index contributed by atoms with van der Waals surface area (Å²) in [5.41, 5.74) is 0. The summed E-state index contributed by atoms with van der Waals surface area (Å²) in [5.74, 6) is 0. The van der Waals surface area contributed by atoms with Crippen LogP contribution in [0.25, 0.3) is 0 Å². The third kappa shape index (κ3) is 1.52. The minimum Gasteiger partial charge on any atom is -0.382 e. The molecule has 1 heterocycles. The van der Waals surface area contributed by atoms with Crippen LogP contribution < -0.4 is 0 Å². The summed E-state index contributed by atoms with van der Waals surface area (Å²) in [4.78, 5) is 0. The zero-order chi connectivity index (χ0) is 7.56. The van der Waals surface area contributed by atoms with Crippen molar-refractivity contribution in [3.8, 4) is 0 Å². The summed E-state index contributed by atoms with van der Waals surface area (Å²) in [6.07, 6.45) is 2.22. The Bertz CT molecular complexity index is 95.8. The summed E-state index contributed by atoms with van der Waals surface area (Å²) in [7, 11) is 7.27. The van der Waals surface area contributed by atoms with Crippen LogP contribution in [0.4, 0.5) is 0 Å². The zero-order valence-corrected chi connectivity index (χ0v) is 6.54. The van der Waals surface area contributed by atoms with Crippen molar-refractivity contribution in [3.63, 3.8) is 0 Å². The molecule has 3 atom stereocenters. The lowest BCUT2D eigenvalue weighted by molar-refractivity contribution is 0.00825. The van der Waals surface area contributed by atoms with Gasteiger partial charge in [-0.15, -0.1) is 0 Å². The minimum absolute atomic E-state index is 0.116. The van der Waals surface area contributed by atoms with Crippen molar-refractivity contribution >= 4 is 7.85 Å². The molecule has 2 radical (unpaired) electrons. The molecule has 1 saturated heterocycles. The first-order chi connectivity index (χ1) is 4.77. The highest BCUT2D eigenvalue weighted by atomic mass is 16.6. The Morgan fingerprint density at radius 3 is 2.80 bits per heavy atom. The summed E-state index contributed by atoms with van der Waals surface area (Å²) in [6.45, 7) is 2.08. The molecule has 56 valence electrons. The molecule has 1 fully saturated rings. The van der Waals surface area contributed by atoms with E-state index in [0.717, 1.165) is 12.8 Å². The van der Waals surface area contributed by atoms with E-state index in [2.05, 4.69) is 6.92 Å². The molecule has 0 spiro atoms. The molecule has 0 aromatic carbocycles. The van der Waals surface area contributed by atoms with Crippen LogP contribution >= 0.6 is 0 Å². The van der Waals surface area contributed by atoms with Gasteiger partial charge in [-0.25, -0.2) is 0 Å². The molecule has 2 nitrogen and oxygen atoms in total. The van der Waals surface area contributed by atoms with Gasteiger partial charge in [-0.1, -0.05) is 6.92 Å². The van der Waals surface area contributed by atoms with Gasteiger partial charge in [-0.05, 0) is 12.8 Å². The lowest BCUT2D eigenvalue weighted by Gasteiger charge is -2.14. The normalized spacial score (nSPS) is 40.4. The molecule has 0 saturated carbocycles. The van der Waals surface area contributed by atoms with Gasteiger partial charge in [0.15, 0.2) is 0 Å². The fourth-order valence-corrected chi connectivity index (χ4v) is 1.36. The van der Waals surface area contributed by atoms with E-state index in [1.807, 2.05) is 0 Å². The molecule has 10 heavy (non-hydrogen) atoms. The number of rotatable bonds is 2. The highest BCUT2D eigenvalue weighted by Crippen LogP contribution is 2.22. The van der Waals surface area contributed by atoms with Gasteiger partial charge < -0.3 is 9.47 Å². The molecule has 1 unspecified atom stereocenters. The van der Waals surface area contributed by atoms with Crippen LogP contribution in [0.15, 0.2) is 0 Å². The van der Waals surface area contributed by atoms with Gasteiger partial charge in [0.2, 0.25) is 0 Å². The van der Waals surface area contributed by atoms with Crippen molar-refractivity contribution in [2.45, 2.75) is 38.0 Å². The summed E-state index contributed by atoms with van der Waals surface area (Å²) >= 11 is 0. The van der Waals surface area contributed by atoms with E-state index >= 15 is 0 Å². The maximum atomic E-state index is 5.56. The van der Waals surface area contributed by atoms with Crippen molar-refractivity contribution in [1.29, 1.82) is 0 Å². The second-order valence-corrected chi connectivity index (χ2v) is 2.63. The summed E-state index contributed by atoms with van der Waals surface area (Å²) in [5, 5.41) is 0. The van der Waals surface area contributed by atoms with E-state index in [1.54, 1.807) is 7.11 Å². The molecule has 1 rings (SSSR count). The third-order valence-electron chi connectivity index (χ3n) is 1.93. The molecular weight excluding hydrogens is 127 g/mol. The van der Waals surface area contributed by atoms with E-state index in [0.29, 0.717) is 0 Å². The van der Waals surface area contributed by atoms with E-state index in [1.165, 1.54) is 0 Å². The van der Waals surface area contributed by atoms with Gasteiger partial charge in [0, 0.05) is 13.1 Å². The summed E-state index contributed by atoms with van der Waals surface area (Å²) < 4.78 is 10.5. The van der Waals surface area contributed by atoms with Crippen LogP contribution in [0.3, 0.4) is 0 Å². The fraction of sp³-hybridized carbons (Fsp3) is 1.00. The maximum absolute atomic E-state index is 5.56. The van der Waals surface area contributed by atoms with Crippen molar-refractivity contribution in [2.75, 3.05) is 7.11 Å². The second-order valence-electron chi connectivity index (χ2n) is 2.63. The first-order valence-corrected chi connectivity index (χ1v) is 3.71. The average Bonchev–Trinajstić information content (AvgIpc) is 2.30. The monoisotopic (exact) mass is 140 g/mol. The van der Waals surface area contributed by atoms with E-state index < -0.39 is 0 Å². The van der Waals surface area contributed by atoms with Gasteiger partial charge in [-0.3, -0.25) is 0 Å². The topological polar surface area (TPSA) is 18.5 Å². The van der Waals surface area contributed by atoms with Gasteiger partial charge in [-0.2, -0.15) is 0 Å². The Labute approximate surface area is 63.3 Å². The molecule has 0 bridgehead atoms. The van der Waals surface area contributed by atoms with Gasteiger partial charge in [0.05, 0.1) is 12.2 Å². The summed E-state index contributed by atoms with van der Waals surface area (Å²) in [6, 6.07) is -0.116. The molecule has 0 aliphatic carbocycles. The first-order valence-electron chi connectivity index (χ1n) is 3.71. The molecule has 0 N–H and O–H groups in total. The molecule has 3 heteroatoms. The maximum Gasteiger partial charge on any atom is 0.109 e. The third-order valence-corrected chi connectivity index (χ3v) is 1.93. The Morgan fingerprint density at radius 2 is 2.40 bits per heavy atom. The van der Waals surface area contributed by atoms with Crippen LogP contribution in [0.1, 0.15) is 19.8 Å². The van der Waals surface area contributed by atoms with Crippen molar-refractivity contribution in [2.24, 2.45) is 0 Å². The van der Waals surface area contributed by atoms with Crippen LogP contribution in [0, 0.1) is 0 Å². The largest absolute Gasteiger partial charge is 0.382 e. The minimum atomic E-state index is -0.116. The molecule has 0 amide bonds. The molecule has 1 aliphatic heterocycles. The lowest BCUT2D eigenvalue weighted by Crippen LogP contribution is -2.21. The first kappa shape index (κ1) is 8.09. The van der Waals surface area contributed by atoms with Crippen molar-refractivity contribution < 1.29 is 9.47 Å². The van der Waals surface area contributed by atoms with E-state index in [9.17, 15) is 0 Å². The second kappa shape index (κ2) is 3.40. The number of methoxy groups -OCH3 is 1. The van der Waals surface area contributed by atoms with E-state index in [4.69, 9.17) is 17.3 Å². The number of hydrogen-bond donors (Lipinski definition) is 0. The fourth-order valence-electron chi connectivity index (χ4n) is 1.36. The highest BCUT2D eigenvalue weighted by molar-refractivity contribution is 6.11. The lowest BCUT2D eigenvalue weighted by atomic mass is 9.96. The quantitative estimate of drug-likeness (QED) is 0.525. The highest BCUT2D eigenvalue weighted by Gasteiger charge is 2.30. The van der Waals surface area contributed by atoms with Crippen LogP contribution in [-0.4, -0.2) is 33.2 Å². The van der Waals surface area contributed by atoms with Crippen molar-refractivity contribution in [1.82, 2.24) is 0 Å². The van der Waals surface area contributed by atoms with Crippen LogP contribution in [0.2, 0.25) is 0 Å². The number of ether oxygens (including phenoxy) is 2. The SMILES string of the molecule is [B][C@H]1CC(OC)[C@@H](CC)O1. The predicted molar refractivity (Wildman–Crippen MR) is 40.1 cm³/mol. The Balaban J connectivity index is 2.41. The Morgan fingerprint density at radius 1 is 1.70 bits per heavy atom. The Kier molecular flexibility index (Phi) is 2.75. The van der Waals surface area contributed by atoms with Gasteiger partial charge in [0.1, 0.15) is 7.85 Å². The molecule has 0 aromatic rings.